The number of amides is 1. The number of nitrogens with two attached hydrogens (primary N) is 1. The Morgan fingerprint density at radius 1 is 0.714 bits per heavy atom. The monoisotopic (exact) mass is 554 g/mol. The maximum absolute atomic E-state index is 14.3. The minimum atomic E-state index is -1.11. The van der Waals surface area contributed by atoms with Crippen LogP contribution in [0.25, 0.3) is 0 Å². The molecule has 3 aromatic carbocycles. The summed E-state index contributed by atoms with van der Waals surface area (Å²) in [5.74, 6) is -0.346. The summed E-state index contributed by atoms with van der Waals surface area (Å²) >= 11 is 0. The van der Waals surface area contributed by atoms with E-state index in [9.17, 15) is 14.4 Å². The first-order chi connectivity index (χ1) is 20.3. The Hall–Kier alpha value is -5.43. The number of benzene rings is 3. The smallest absolute Gasteiger partial charge is 0.260 e. The van der Waals surface area contributed by atoms with E-state index in [0.717, 1.165) is 11.1 Å². The fourth-order valence-corrected chi connectivity index (χ4v) is 4.89. The van der Waals surface area contributed by atoms with Crippen LogP contribution in [-0.4, -0.2) is 27.4 Å². The first-order valence-electron chi connectivity index (χ1n) is 13.6. The number of carbonyl (C=O) groups is 3. The molecule has 0 aliphatic carbocycles. The SMILES string of the molecule is Cc1cccc(C(=O)Cc2ccnc(N(C(=O)c3ccccc3)C(C(=O)c3cccc(C)c3)c3ccnc(N)c3)c2)c1. The van der Waals surface area contributed by atoms with Gasteiger partial charge in [0.05, 0.1) is 0 Å². The number of nitrogen functional groups attached to an aromatic ring is 1. The second-order valence-corrected chi connectivity index (χ2v) is 10.2. The van der Waals surface area contributed by atoms with Gasteiger partial charge in [0.1, 0.15) is 17.7 Å². The zero-order valence-corrected chi connectivity index (χ0v) is 23.4. The van der Waals surface area contributed by atoms with E-state index < -0.39 is 11.9 Å². The predicted molar refractivity (Wildman–Crippen MR) is 164 cm³/mol. The van der Waals surface area contributed by atoms with Crippen molar-refractivity contribution in [2.45, 2.75) is 26.3 Å². The number of aromatic nitrogens is 2. The molecule has 1 atom stereocenters. The number of nitrogens with zero attached hydrogens (tertiary/aromatic N) is 3. The third-order valence-electron chi connectivity index (χ3n) is 6.93. The Labute approximate surface area is 244 Å². The lowest BCUT2D eigenvalue weighted by molar-refractivity contribution is 0.0895. The quantitative estimate of drug-likeness (QED) is 0.212. The summed E-state index contributed by atoms with van der Waals surface area (Å²) in [5.41, 5.74) is 10.5. The molecule has 1 amide bonds. The van der Waals surface area contributed by atoms with Crippen molar-refractivity contribution in [1.29, 1.82) is 0 Å². The fraction of sp³-hybridized carbons (Fsp3) is 0.114. The van der Waals surface area contributed by atoms with Gasteiger partial charge in [0.2, 0.25) is 0 Å². The van der Waals surface area contributed by atoms with Crippen LogP contribution in [-0.2, 0) is 6.42 Å². The van der Waals surface area contributed by atoms with Gasteiger partial charge in [0.25, 0.3) is 5.91 Å². The number of pyridine rings is 2. The molecule has 0 aliphatic rings. The van der Waals surface area contributed by atoms with E-state index in [-0.39, 0.29) is 29.6 Å². The van der Waals surface area contributed by atoms with E-state index in [1.54, 1.807) is 79.0 Å². The van der Waals surface area contributed by atoms with Crippen molar-refractivity contribution in [3.05, 3.63) is 154 Å². The van der Waals surface area contributed by atoms with Crippen LogP contribution in [0.1, 0.15) is 59.4 Å². The largest absolute Gasteiger partial charge is 0.384 e. The Balaban J connectivity index is 1.64. The minimum absolute atomic E-state index is 0.0638. The Kier molecular flexibility index (Phi) is 8.29. The van der Waals surface area contributed by atoms with Crippen molar-refractivity contribution in [3.63, 3.8) is 0 Å². The molecule has 2 heterocycles. The Morgan fingerprint density at radius 3 is 2.05 bits per heavy atom. The van der Waals surface area contributed by atoms with E-state index >= 15 is 0 Å². The summed E-state index contributed by atoms with van der Waals surface area (Å²) in [5, 5.41) is 0. The van der Waals surface area contributed by atoms with Gasteiger partial charge in [-0.3, -0.25) is 19.3 Å². The summed E-state index contributed by atoms with van der Waals surface area (Å²) in [6.45, 7) is 3.84. The van der Waals surface area contributed by atoms with Gasteiger partial charge in [0, 0.05) is 35.5 Å². The minimum Gasteiger partial charge on any atom is -0.384 e. The highest BCUT2D eigenvalue weighted by molar-refractivity contribution is 6.13. The zero-order chi connectivity index (χ0) is 29.6. The molecule has 0 spiro atoms. The molecule has 0 radical (unpaired) electrons. The van der Waals surface area contributed by atoms with Gasteiger partial charge < -0.3 is 5.73 Å². The second-order valence-electron chi connectivity index (χ2n) is 10.2. The second kappa shape index (κ2) is 12.4. The molecular weight excluding hydrogens is 524 g/mol. The fourth-order valence-electron chi connectivity index (χ4n) is 4.89. The van der Waals surface area contributed by atoms with Crippen LogP contribution in [0.2, 0.25) is 0 Å². The van der Waals surface area contributed by atoms with Crippen molar-refractivity contribution < 1.29 is 14.4 Å². The molecule has 5 aromatic rings. The van der Waals surface area contributed by atoms with E-state index in [1.165, 1.54) is 11.1 Å². The lowest BCUT2D eigenvalue weighted by Gasteiger charge is -2.31. The lowest BCUT2D eigenvalue weighted by atomic mass is 9.94. The highest BCUT2D eigenvalue weighted by atomic mass is 16.2. The predicted octanol–water partition coefficient (Wildman–Crippen LogP) is 6.37. The van der Waals surface area contributed by atoms with Crippen molar-refractivity contribution >= 4 is 29.1 Å². The highest BCUT2D eigenvalue weighted by Crippen LogP contribution is 2.32. The van der Waals surface area contributed by atoms with E-state index in [4.69, 9.17) is 5.73 Å². The van der Waals surface area contributed by atoms with Gasteiger partial charge in [-0.05, 0) is 73.5 Å². The number of aryl methyl sites for hydroxylation is 2. The summed E-state index contributed by atoms with van der Waals surface area (Å²) in [6, 6.07) is 28.9. The number of rotatable bonds is 9. The zero-order valence-electron chi connectivity index (χ0n) is 23.4. The van der Waals surface area contributed by atoms with Crippen molar-refractivity contribution in [1.82, 2.24) is 9.97 Å². The average Bonchev–Trinajstić information content (AvgIpc) is 3.00. The van der Waals surface area contributed by atoms with E-state index in [1.807, 2.05) is 44.2 Å². The normalized spacial score (nSPS) is 11.5. The molecular formula is C35H30N4O3. The lowest BCUT2D eigenvalue weighted by Crippen LogP contribution is -2.40. The number of Topliss-reactive ketones (excluding diaryl/α,β-unsaturated/α-hetero) is 2. The van der Waals surface area contributed by atoms with Crippen LogP contribution in [0.4, 0.5) is 11.6 Å². The number of carbonyl (C=O) groups excluding carboxylic acids is 3. The first-order valence-corrected chi connectivity index (χ1v) is 13.6. The molecule has 0 saturated heterocycles. The van der Waals surface area contributed by atoms with Crippen LogP contribution in [0.3, 0.4) is 0 Å². The maximum atomic E-state index is 14.3. The summed E-state index contributed by atoms with van der Waals surface area (Å²) in [4.78, 5) is 51.7. The molecule has 0 aliphatic heterocycles. The van der Waals surface area contributed by atoms with E-state index in [0.29, 0.717) is 27.8 Å². The number of anilines is 2. The Bertz CT molecular complexity index is 1770. The molecule has 42 heavy (non-hydrogen) atoms. The molecule has 2 N–H and O–H groups in total. The maximum Gasteiger partial charge on any atom is 0.260 e. The van der Waals surface area contributed by atoms with Gasteiger partial charge in [-0.15, -0.1) is 0 Å². The molecule has 0 fully saturated rings. The molecule has 208 valence electrons. The molecule has 1 unspecified atom stereocenters. The first kappa shape index (κ1) is 28.1. The third-order valence-corrected chi connectivity index (χ3v) is 6.93. The van der Waals surface area contributed by atoms with E-state index in [2.05, 4.69) is 9.97 Å². The molecule has 2 aromatic heterocycles. The van der Waals surface area contributed by atoms with Gasteiger partial charge >= 0.3 is 0 Å². The van der Waals surface area contributed by atoms with Crippen molar-refractivity contribution in [3.8, 4) is 0 Å². The molecule has 7 nitrogen and oxygen atoms in total. The van der Waals surface area contributed by atoms with Gasteiger partial charge in [-0.25, -0.2) is 9.97 Å². The van der Waals surface area contributed by atoms with Crippen LogP contribution in [0, 0.1) is 13.8 Å². The van der Waals surface area contributed by atoms with Gasteiger partial charge in [-0.2, -0.15) is 0 Å². The summed E-state index contributed by atoms with van der Waals surface area (Å²) in [7, 11) is 0. The van der Waals surface area contributed by atoms with Gasteiger partial charge in [-0.1, -0.05) is 65.7 Å². The topological polar surface area (TPSA) is 106 Å². The molecule has 5 rings (SSSR count). The van der Waals surface area contributed by atoms with Crippen molar-refractivity contribution in [2.75, 3.05) is 10.6 Å². The standard InChI is InChI=1S/C35H30N4O3/c1-23-8-6-12-27(18-23)30(40)20-25-14-16-38-32(21-25)39(35(42)26-10-4-3-5-11-26)33(28-15-17-37-31(36)22-28)34(41)29-13-7-9-24(2)19-29/h3-19,21-22,33H,20H2,1-2H3,(H2,36,37). The highest BCUT2D eigenvalue weighted by Gasteiger charge is 2.35. The van der Waals surface area contributed by atoms with Crippen LogP contribution >= 0.6 is 0 Å². The summed E-state index contributed by atoms with van der Waals surface area (Å²) in [6.07, 6.45) is 3.16. The number of ketones is 2. The summed E-state index contributed by atoms with van der Waals surface area (Å²) < 4.78 is 0. The molecule has 7 heteroatoms. The van der Waals surface area contributed by atoms with Crippen LogP contribution in [0.5, 0.6) is 0 Å². The molecule has 0 saturated carbocycles. The third kappa shape index (κ3) is 6.31. The van der Waals surface area contributed by atoms with Crippen LogP contribution in [0.15, 0.2) is 116 Å². The number of hydrogen-bond donors (Lipinski definition) is 1. The number of hydrogen-bond acceptors (Lipinski definition) is 6. The molecule has 0 bridgehead atoms. The Morgan fingerprint density at radius 2 is 1.36 bits per heavy atom. The van der Waals surface area contributed by atoms with Gasteiger partial charge in [0.15, 0.2) is 11.6 Å². The average molecular weight is 555 g/mol. The van der Waals surface area contributed by atoms with Crippen LogP contribution < -0.4 is 10.6 Å². The van der Waals surface area contributed by atoms with Crippen molar-refractivity contribution in [2.24, 2.45) is 0 Å².